The molecule has 0 saturated carbocycles. The summed E-state index contributed by atoms with van der Waals surface area (Å²) < 4.78 is 5.84. The van der Waals surface area contributed by atoms with Crippen molar-refractivity contribution < 1.29 is 14.9 Å². The number of fused-ring (bicyclic) bond motifs is 1. The third kappa shape index (κ3) is 1.99. The van der Waals surface area contributed by atoms with Crippen LogP contribution < -0.4 is 4.74 Å². The largest absolute Gasteiger partial charge is 0.508 e. The molecule has 1 aliphatic rings. The molecule has 104 valence electrons. The van der Waals surface area contributed by atoms with Crippen molar-refractivity contribution in [2.24, 2.45) is 0 Å². The van der Waals surface area contributed by atoms with Gasteiger partial charge in [0, 0.05) is 16.9 Å². The van der Waals surface area contributed by atoms with Gasteiger partial charge in [0.1, 0.15) is 17.2 Å². The Balaban J connectivity index is 2.05. The van der Waals surface area contributed by atoms with E-state index >= 15 is 0 Å². The van der Waals surface area contributed by atoms with E-state index in [2.05, 4.69) is 13.8 Å². The molecule has 1 aliphatic heterocycles. The first kappa shape index (κ1) is 12.9. The highest BCUT2D eigenvalue weighted by Gasteiger charge is 2.39. The van der Waals surface area contributed by atoms with Gasteiger partial charge in [0.05, 0.1) is 6.61 Å². The molecule has 0 unspecified atom stereocenters. The average molecular weight is 270 g/mol. The van der Waals surface area contributed by atoms with Crippen molar-refractivity contribution in [2.75, 3.05) is 6.61 Å². The van der Waals surface area contributed by atoms with Gasteiger partial charge < -0.3 is 14.9 Å². The molecular formula is C17H18O3. The van der Waals surface area contributed by atoms with Crippen LogP contribution in [0, 0.1) is 0 Å². The lowest BCUT2D eigenvalue weighted by Crippen LogP contribution is -2.35. The normalized spacial score (nSPS) is 20.0. The Kier molecular flexibility index (Phi) is 2.85. The lowest BCUT2D eigenvalue weighted by Gasteiger charge is -2.40. The predicted octanol–water partition coefficient (Wildman–Crippen LogP) is 3.55. The zero-order valence-corrected chi connectivity index (χ0v) is 11.6. The lowest BCUT2D eigenvalue weighted by atomic mass is 9.69. The standard InChI is InChI=1S/C17H18O3/c1-17(2)14-9-13(19)7-8-16(14)20-10-15(17)11-3-5-12(18)6-4-11/h3-9,15,18-19H,10H2,1-2H3/t15-/m0/s1. The van der Waals surface area contributed by atoms with E-state index in [-0.39, 0.29) is 22.8 Å². The SMILES string of the molecule is CC1(C)c2cc(O)ccc2OC[C@H]1c1ccc(O)cc1. The molecule has 0 aromatic heterocycles. The molecule has 1 heterocycles. The summed E-state index contributed by atoms with van der Waals surface area (Å²) in [5.41, 5.74) is 1.99. The van der Waals surface area contributed by atoms with Gasteiger partial charge in [-0.1, -0.05) is 26.0 Å². The van der Waals surface area contributed by atoms with E-state index in [1.807, 2.05) is 18.2 Å². The highest BCUT2D eigenvalue weighted by atomic mass is 16.5. The molecule has 0 fully saturated rings. The van der Waals surface area contributed by atoms with Crippen LogP contribution in [-0.4, -0.2) is 16.8 Å². The molecule has 0 spiro atoms. The molecule has 3 nitrogen and oxygen atoms in total. The third-order valence-electron chi connectivity index (χ3n) is 4.23. The van der Waals surface area contributed by atoms with Crippen LogP contribution in [0.3, 0.4) is 0 Å². The van der Waals surface area contributed by atoms with Crippen molar-refractivity contribution in [1.29, 1.82) is 0 Å². The molecule has 0 aliphatic carbocycles. The summed E-state index contributed by atoms with van der Waals surface area (Å²) in [6, 6.07) is 12.5. The van der Waals surface area contributed by atoms with E-state index < -0.39 is 0 Å². The minimum absolute atomic E-state index is 0.150. The molecule has 3 rings (SSSR count). The Morgan fingerprint density at radius 3 is 2.35 bits per heavy atom. The van der Waals surface area contributed by atoms with Gasteiger partial charge >= 0.3 is 0 Å². The average Bonchev–Trinajstić information content (AvgIpc) is 2.41. The number of rotatable bonds is 1. The van der Waals surface area contributed by atoms with E-state index in [1.54, 1.807) is 24.3 Å². The number of hydrogen-bond acceptors (Lipinski definition) is 3. The zero-order chi connectivity index (χ0) is 14.3. The van der Waals surface area contributed by atoms with Gasteiger partial charge in [-0.3, -0.25) is 0 Å². The van der Waals surface area contributed by atoms with Gasteiger partial charge in [0.25, 0.3) is 0 Å². The molecule has 0 amide bonds. The van der Waals surface area contributed by atoms with Crippen LogP contribution in [0.25, 0.3) is 0 Å². The van der Waals surface area contributed by atoms with Gasteiger partial charge in [-0.05, 0) is 35.9 Å². The molecule has 0 radical (unpaired) electrons. The van der Waals surface area contributed by atoms with E-state index in [1.165, 1.54) is 0 Å². The summed E-state index contributed by atoms with van der Waals surface area (Å²) in [4.78, 5) is 0. The summed E-state index contributed by atoms with van der Waals surface area (Å²) in [5, 5.41) is 19.1. The lowest BCUT2D eigenvalue weighted by molar-refractivity contribution is 0.199. The van der Waals surface area contributed by atoms with E-state index in [0.29, 0.717) is 6.61 Å². The van der Waals surface area contributed by atoms with Gasteiger partial charge in [0.2, 0.25) is 0 Å². The second kappa shape index (κ2) is 4.44. The fraction of sp³-hybridized carbons (Fsp3) is 0.294. The quantitative estimate of drug-likeness (QED) is 0.833. The van der Waals surface area contributed by atoms with Crippen molar-refractivity contribution >= 4 is 0 Å². The fourth-order valence-electron chi connectivity index (χ4n) is 2.94. The van der Waals surface area contributed by atoms with Gasteiger partial charge in [-0.25, -0.2) is 0 Å². The Bertz CT molecular complexity index is 629. The van der Waals surface area contributed by atoms with Crippen LogP contribution in [-0.2, 0) is 5.41 Å². The number of benzene rings is 2. The molecule has 0 bridgehead atoms. The van der Waals surface area contributed by atoms with Crippen molar-refractivity contribution in [3.05, 3.63) is 53.6 Å². The maximum absolute atomic E-state index is 9.73. The first-order valence-electron chi connectivity index (χ1n) is 6.74. The fourth-order valence-corrected chi connectivity index (χ4v) is 2.94. The van der Waals surface area contributed by atoms with Crippen molar-refractivity contribution in [2.45, 2.75) is 25.2 Å². The predicted molar refractivity (Wildman–Crippen MR) is 77.5 cm³/mol. The maximum Gasteiger partial charge on any atom is 0.123 e. The molecule has 2 N–H and O–H groups in total. The Hall–Kier alpha value is -2.16. The number of phenolic OH excluding ortho intramolecular Hbond substituents is 2. The Labute approximate surface area is 118 Å². The van der Waals surface area contributed by atoms with Crippen LogP contribution in [0.5, 0.6) is 17.2 Å². The summed E-state index contributed by atoms with van der Waals surface area (Å²) in [7, 11) is 0. The summed E-state index contributed by atoms with van der Waals surface area (Å²) in [5.74, 6) is 1.54. The molecule has 2 aromatic rings. The molecule has 2 aromatic carbocycles. The topological polar surface area (TPSA) is 49.7 Å². The van der Waals surface area contributed by atoms with Crippen molar-refractivity contribution in [3.63, 3.8) is 0 Å². The smallest absolute Gasteiger partial charge is 0.123 e. The van der Waals surface area contributed by atoms with Crippen molar-refractivity contribution in [3.8, 4) is 17.2 Å². The first-order chi connectivity index (χ1) is 9.48. The Morgan fingerprint density at radius 2 is 1.65 bits per heavy atom. The summed E-state index contributed by atoms with van der Waals surface area (Å²) in [6.45, 7) is 4.91. The van der Waals surface area contributed by atoms with Gasteiger partial charge in [-0.2, -0.15) is 0 Å². The number of hydrogen-bond donors (Lipinski definition) is 2. The second-order valence-corrected chi connectivity index (χ2v) is 5.86. The number of phenols is 2. The van der Waals surface area contributed by atoms with Crippen molar-refractivity contribution in [1.82, 2.24) is 0 Å². The van der Waals surface area contributed by atoms with Gasteiger partial charge in [-0.15, -0.1) is 0 Å². The molecule has 1 atom stereocenters. The number of ether oxygens (including phenoxy) is 1. The highest BCUT2D eigenvalue weighted by molar-refractivity contribution is 5.48. The first-order valence-corrected chi connectivity index (χ1v) is 6.74. The van der Waals surface area contributed by atoms with E-state index in [4.69, 9.17) is 4.74 Å². The molecular weight excluding hydrogens is 252 g/mol. The minimum atomic E-state index is -0.150. The molecule has 3 heteroatoms. The van der Waals surface area contributed by atoms with E-state index in [0.717, 1.165) is 16.9 Å². The minimum Gasteiger partial charge on any atom is -0.508 e. The maximum atomic E-state index is 9.73. The monoisotopic (exact) mass is 270 g/mol. The van der Waals surface area contributed by atoms with E-state index in [9.17, 15) is 10.2 Å². The van der Waals surface area contributed by atoms with Gasteiger partial charge in [0.15, 0.2) is 0 Å². The van der Waals surface area contributed by atoms with Crippen LogP contribution in [0.4, 0.5) is 0 Å². The molecule has 20 heavy (non-hydrogen) atoms. The third-order valence-corrected chi connectivity index (χ3v) is 4.23. The zero-order valence-electron chi connectivity index (χ0n) is 11.6. The van der Waals surface area contributed by atoms with Crippen LogP contribution in [0.1, 0.15) is 30.9 Å². The summed E-state index contributed by atoms with van der Waals surface area (Å²) >= 11 is 0. The van der Waals surface area contributed by atoms with Crippen LogP contribution in [0.15, 0.2) is 42.5 Å². The number of aromatic hydroxyl groups is 2. The Morgan fingerprint density at radius 1 is 1.00 bits per heavy atom. The van der Waals surface area contributed by atoms with Crippen LogP contribution in [0.2, 0.25) is 0 Å². The van der Waals surface area contributed by atoms with Crippen LogP contribution >= 0.6 is 0 Å². The summed E-state index contributed by atoms with van der Waals surface area (Å²) in [6.07, 6.45) is 0. The second-order valence-electron chi connectivity index (χ2n) is 5.86. The highest BCUT2D eigenvalue weighted by Crippen LogP contribution is 2.47. The molecule has 0 saturated heterocycles.